The van der Waals surface area contributed by atoms with Gasteiger partial charge in [-0.1, -0.05) is 30.3 Å². The zero-order chi connectivity index (χ0) is 13.5. The molecule has 3 N–H and O–H groups in total. The van der Waals surface area contributed by atoms with Gasteiger partial charge < -0.3 is 25.0 Å². The fraction of sp³-hybridized carbons (Fsp3) is 0.571. The standard InChI is InChI=1S/C14H19NO4/c1-14(17)8-15-10-7-18-13(19-11(10)12(14)16)9-5-3-2-4-6-9/h2-6,10-13,15-17H,7-8H2,1H3/t10-,11-,12+,13-,14+/m1/s1. The zero-order valence-corrected chi connectivity index (χ0v) is 10.8. The Morgan fingerprint density at radius 3 is 2.79 bits per heavy atom. The number of hydrogen-bond acceptors (Lipinski definition) is 5. The molecule has 0 aromatic heterocycles. The minimum atomic E-state index is -1.18. The Bertz CT molecular complexity index is 436. The van der Waals surface area contributed by atoms with Gasteiger partial charge in [-0.25, -0.2) is 0 Å². The summed E-state index contributed by atoms with van der Waals surface area (Å²) in [6.07, 6.45) is -1.88. The van der Waals surface area contributed by atoms with E-state index in [0.717, 1.165) is 5.56 Å². The molecule has 0 bridgehead atoms. The Kier molecular flexibility index (Phi) is 3.32. The van der Waals surface area contributed by atoms with Gasteiger partial charge in [-0.15, -0.1) is 0 Å². The van der Waals surface area contributed by atoms with Crippen molar-refractivity contribution in [1.29, 1.82) is 0 Å². The molecule has 5 heteroatoms. The van der Waals surface area contributed by atoms with Crippen molar-refractivity contribution >= 4 is 0 Å². The minimum Gasteiger partial charge on any atom is -0.387 e. The first-order chi connectivity index (χ1) is 9.08. The Morgan fingerprint density at radius 2 is 2.05 bits per heavy atom. The van der Waals surface area contributed by atoms with E-state index in [1.807, 2.05) is 30.3 Å². The molecule has 0 aliphatic carbocycles. The summed E-state index contributed by atoms with van der Waals surface area (Å²) in [4.78, 5) is 0. The average molecular weight is 265 g/mol. The van der Waals surface area contributed by atoms with E-state index in [1.165, 1.54) is 0 Å². The second kappa shape index (κ2) is 4.85. The fourth-order valence-corrected chi connectivity index (χ4v) is 2.61. The van der Waals surface area contributed by atoms with Gasteiger partial charge >= 0.3 is 0 Å². The number of aliphatic hydroxyl groups is 2. The number of hydrogen-bond donors (Lipinski definition) is 3. The molecule has 2 aliphatic rings. The second-order valence-corrected chi connectivity index (χ2v) is 5.47. The van der Waals surface area contributed by atoms with Crippen molar-refractivity contribution in [1.82, 2.24) is 5.32 Å². The molecule has 104 valence electrons. The molecule has 2 aliphatic heterocycles. The molecule has 0 radical (unpaired) electrons. The summed E-state index contributed by atoms with van der Waals surface area (Å²) in [5.74, 6) is 0. The highest BCUT2D eigenvalue weighted by Gasteiger charge is 2.48. The summed E-state index contributed by atoms with van der Waals surface area (Å²) >= 11 is 0. The number of nitrogens with one attached hydrogen (secondary N) is 1. The van der Waals surface area contributed by atoms with Crippen molar-refractivity contribution in [3.8, 4) is 0 Å². The Balaban J connectivity index is 1.77. The summed E-state index contributed by atoms with van der Waals surface area (Å²) in [7, 11) is 0. The SMILES string of the molecule is C[C@]1(O)CN[C@@H]2CO[C@@H](c3ccccc3)O[C@H]2[C@@H]1O. The third-order valence-electron chi connectivity index (χ3n) is 3.85. The lowest BCUT2D eigenvalue weighted by molar-refractivity contribution is -0.279. The van der Waals surface area contributed by atoms with Crippen LogP contribution >= 0.6 is 0 Å². The Labute approximate surface area is 112 Å². The van der Waals surface area contributed by atoms with Crippen molar-refractivity contribution in [3.05, 3.63) is 35.9 Å². The average Bonchev–Trinajstić information content (AvgIpc) is 2.44. The van der Waals surface area contributed by atoms with Crippen molar-refractivity contribution in [2.45, 2.75) is 37.1 Å². The van der Waals surface area contributed by atoms with Gasteiger partial charge in [0.25, 0.3) is 0 Å². The predicted octanol–water partition coefficient (Wildman–Crippen LogP) is 0.184. The molecule has 5 nitrogen and oxygen atoms in total. The maximum absolute atomic E-state index is 10.2. The van der Waals surface area contributed by atoms with E-state index in [1.54, 1.807) is 6.92 Å². The van der Waals surface area contributed by atoms with Gasteiger partial charge in [0.2, 0.25) is 0 Å². The summed E-state index contributed by atoms with van der Waals surface area (Å²) in [5, 5.41) is 23.5. The van der Waals surface area contributed by atoms with Gasteiger partial charge in [-0.2, -0.15) is 0 Å². The maximum Gasteiger partial charge on any atom is 0.184 e. The monoisotopic (exact) mass is 265 g/mol. The lowest BCUT2D eigenvalue weighted by atomic mass is 9.86. The summed E-state index contributed by atoms with van der Waals surface area (Å²) < 4.78 is 11.5. The van der Waals surface area contributed by atoms with Crippen LogP contribution in [0.3, 0.4) is 0 Å². The van der Waals surface area contributed by atoms with Crippen molar-refractivity contribution in [3.63, 3.8) is 0 Å². The molecule has 1 aromatic rings. The van der Waals surface area contributed by atoms with Crippen LogP contribution in [0.4, 0.5) is 0 Å². The molecule has 19 heavy (non-hydrogen) atoms. The topological polar surface area (TPSA) is 71.0 Å². The van der Waals surface area contributed by atoms with Crippen molar-refractivity contribution in [2.75, 3.05) is 13.2 Å². The molecule has 2 heterocycles. The molecule has 2 saturated heterocycles. The van der Waals surface area contributed by atoms with E-state index in [2.05, 4.69) is 5.32 Å². The van der Waals surface area contributed by atoms with E-state index in [4.69, 9.17) is 9.47 Å². The molecule has 3 rings (SSSR count). The number of aliphatic hydroxyl groups excluding tert-OH is 1. The number of β-amino-alcohol motifs (C(OH)–C–C–N with tert-alkyl or cyclic N) is 1. The molecular weight excluding hydrogens is 246 g/mol. The molecule has 0 amide bonds. The lowest BCUT2D eigenvalue weighted by Crippen LogP contribution is -2.68. The van der Waals surface area contributed by atoms with Gasteiger partial charge in [0.15, 0.2) is 6.29 Å². The van der Waals surface area contributed by atoms with Crippen LogP contribution in [-0.2, 0) is 9.47 Å². The van der Waals surface area contributed by atoms with Crippen LogP contribution in [0.25, 0.3) is 0 Å². The van der Waals surface area contributed by atoms with Crippen molar-refractivity contribution < 1.29 is 19.7 Å². The second-order valence-electron chi connectivity index (χ2n) is 5.47. The number of fused-ring (bicyclic) bond motifs is 1. The molecule has 0 unspecified atom stereocenters. The minimum absolute atomic E-state index is 0.0878. The number of rotatable bonds is 1. The van der Waals surface area contributed by atoms with Crippen LogP contribution < -0.4 is 5.32 Å². The molecule has 0 saturated carbocycles. The third kappa shape index (κ3) is 2.40. The van der Waals surface area contributed by atoms with E-state index in [0.29, 0.717) is 13.2 Å². The molecular formula is C14H19NO4. The first-order valence-corrected chi connectivity index (χ1v) is 6.54. The summed E-state index contributed by atoms with van der Waals surface area (Å²) in [6, 6.07) is 9.52. The van der Waals surface area contributed by atoms with Crippen LogP contribution in [0.2, 0.25) is 0 Å². The van der Waals surface area contributed by atoms with E-state index in [-0.39, 0.29) is 6.04 Å². The van der Waals surface area contributed by atoms with Gasteiger partial charge in [0, 0.05) is 12.1 Å². The smallest absolute Gasteiger partial charge is 0.184 e. The Hall–Kier alpha value is -0.980. The highest BCUT2D eigenvalue weighted by Crippen LogP contribution is 2.32. The maximum atomic E-state index is 10.2. The van der Waals surface area contributed by atoms with Crippen molar-refractivity contribution in [2.24, 2.45) is 0 Å². The lowest BCUT2D eigenvalue weighted by Gasteiger charge is -2.48. The summed E-state index contributed by atoms with van der Waals surface area (Å²) in [6.45, 7) is 2.40. The molecule has 0 spiro atoms. The normalized spacial score (nSPS) is 42.7. The number of piperidine rings is 1. The van der Waals surface area contributed by atoms with Gasteiger partial charge in [0.1, 0.15) is 17.8 Å². The number of benzene rings is 1. The zero-order valence-electron chi connectivity index (χ0n) is 10.8. The van der Waals surface area contributed by atoms with E-state index < -0.39 is 24.1 Å². The first kappa shape index (κ1) is 13.0. The Morgan fingerprint density at radius 1 is 1.32 bits per heavy atom. The largest absolute Gasteiger partial charge is 0.387 e. The highest BCUT2D eigenvalue weighted by molar-refractivity contribution is 5.17. The van der Waals surface area contributed by atoms with Gasteiger partial charge in [-0.3, -0.25) is 0 Å². The van der Waals surface area contributed by atoms with E-state index in [9.17, 15) is 10.2 Å². The predicted molar refractivity (Wildman–Crippen MR) is 68.4 cm³/mol. The van der Waals surface area contributed by atoms with Crippen LogP contribution in [0, 0.1) is 0 Å². The molecule has 2 fully saturated rings. The summed E-state index contributed by atoms with van der Waals surface area (Å²) in [5.41, 5.74) is -0.266. The quantitative estimate of drug-likeness (QED) is 0.676. The van der Waals surface area contributed by atoms with Crippen LogP contribution in [-0.4, -0.2) is 47.2 Å². The fourth-order valence-electron chi connectivity index (χ4n) is 2.61. The number of ether oxygens (including phenoxy) is 2. The van der Waals surface area contributed by atoms with Gasteiger partial charge in [-0.05, 0) is 6.92 Å². The molecule has 1 aromatic carbocycles. The van der Waals surface area contributed by atoms with Gasteiger partial charge in [0.05, 0.1) is 12.6 Å². The van der Waals surface area contributed by atoms with Crippen LogP contribution in [0.15, 0.2) is 30.3 Å². The van der Waals surface area contributed by atoms with Crippen LogP contribution in [0.5, 0.6) is 0 Å². The first-order valence-electron chi connectivity index (χ1n) is 6.54. The third-order valence-corrected chi connectivity index (χ3v) is 3.85. The molecule has 5 atom stereocenters. The van der Waals surface area contributed by atoms with Crippen LogP contribution in [0.1, 0.15) is 18.8 Å². The highest BCUT2D eigenvalue weighted by atomic mass is 16.7. The van der Waals surface area contributed by atoms with E-state index >= 15 is 0 Å².